The molecular formula is C19H32N2O4. The molecule has 2 atom stereocenters. The Labute approximate surface area is 150 Å². The molecule has 1 aromatic heterocycles. The number of aliphatic hydroxyl groups excluding tert-OH is 1. The van der Waals surface area contributed by atoms with Gasteiger partial charge in [0.1, 0.15) is 5.76 Å². The summed E-state index contributed by atoms with van der Waals surface area (Å²) >= 11 is 0. The summed E-state index contributed by atoms with van der Waals surface area (Å²) in [7, 11) is 0. The maximum absolute atomic E-state index is 11.9. The summed E-state index contributed by atoms with van der Waals surface area (Å²) in [5, 5.41) is 24.0. The molecule has 1 aliphatic carbocycles. The second kappa shape index (κ2) is 8.72. The predicted octanol–water partition coefficient (Wildman–Crippen LogP) is 3.25. The molecule has 1 heterocycles. The van der Waals surface area contributed by atoms with Crippen LogP contribution in [0, 0.1) is 0 Å². The zero-order valence-electron chi connectivity index (χ0n) is 15.6. The molecule has 25 heavy (non-hydrogen) atoms. The van der Waals surface area contributed by atoms with Gasteiger partial charge in [-0.25, -0.2) is 4.79 Å². The highest BCUT2D eigenvalue weighted by Gasteiger charge is 2.37. The second-order valence-electron chi connectivity index (χ2n) is 7.98. The van der Waals surface area contributed by atoms with Gasteiger partial charge in [-0.2, -0.15) is 0 Å². The Balaban J connectivity index is 2.09. The van der Waals surface area contributed by atoms with Crippen molar-refractivity contribution in [1.82, 2.24) is 10.2 Å². The van der Waals surface area contributed by atoms with E-state index in [0.717, 1.165) is 12.8 Å². The number of furan rings is 1. The fraction of sp³-hybridized carbons (Fsp3) is 0.737. The van der Waals surface area contributed by atoms with Gasteiger partial charge in [-0.05, 0) is 45.7 Å². The molecule has 2 rings (SSSR count). The Kier molecular flexibility index (Phi) is 6.90. The van der Waals surface area contributed by atoms with Crippen molar-refractivity contribution >= 4 is 6.09 Å². The van der Waals surface area contributed by atoms with Gasteiger partial charge < -0.3 is 19.9 Å². The van der Waals surface area contributed by atoms with E-state index in [1.54, 1.807) is 12.3 Å². The van der Waals surface area contributed by atoms with Gasteiger partial charge in [0.05, 0.1) is 18.4 Å². The average molecular weight is 352 g/mol. The highest BCUT2D eigenvalue weighted by atomic mass is 16.4. The van der Waals surface area contributed by atoms with Crippen LogP contribution in [0.3, 0.4) is 0 Å². The topological polar surface area (TPSA) is 85.9 Å². The first-order valence-corrected chi connectivity index (χ1v) is 9.25. The van der Waals surface area contributed by atoms with Gasteiger partial charge in [0, 0.05) is 24.5 Å². The Bertz CT molecular complexity index is 518. The fourth-order valence-electron chi connectivity index (χ4n) is 3.69. The number of nitrogens with zero attached hydrogens (tertiary/aromatic N) is 1. The van der Waals surface area contributed by atoms with E-state index in [1.165, 1.54) is 24.2 Å². The molecule has 0 unspecified atom stereocenters. The highest BCUT2D eigenvalue weighted by Crippen LogP contribution is 2.23. The van der Waals surface area contributed by atoms with Crippen LogP contribution in [0.25, 0.3) is 0 Å². The van der Waals surface area contributed by atoms with Crippen molar-refractivity contribution in [3.05, 3.63) is 24.2 Å². The van der Waals surface area contributed by atoms with Gasteiger partial charge in [-0.3, -0.25) is 4.90 Å². The number of hydrogen-bond acceptors (Lipinski definition) is 4. The molecule has 1 fully saturated rings. The summed E-state index contributed by atoms with van der Waals surface area (Å²) < 4.78 is 5.40. The number of aliphatic hydroxyl groups is 1. The fourth-order valence-corrected chi connectivity index (χ4v) is 3.69. The van der Waals surface area contributed by atoms with Crippen molar-refractivity contribution in [2.75, 3.05) is 6.54 Å². The number of carbonyl (C=O) groups is 1. The van der Waals surface area contributed by atoms with E-state index < -0.39 is 23.8 Å². The largest absolute Gasteiger partial charge is 0.469 e. The van der Waals surface area contributed by atoms with Gasteiger partial charge in [-0.15, -0.1) is 0 Å². The number of hydrogen-bond donors (Lipinski definition) is 3. The molecule has 142 valence electrons. The van der Waals surface area contributed by atoms with E-state index in [4.69, 9.17) is 4.42 Å². The Morgan fingerprint density at radius 3 is 2.56 bits per heavy atom. The maximum Gasteiger partial charge on any atom is 0.408 e. The van der Waals surface area contributed by atoms with Crippen LogP contribution in [0.5, 0.6) is 0 Å². The van der Waals surface area contributed by atoms with Crippen LogP contribution >= 0.6 is 0 Å². The quantitative estimate of drug-likeness (QED) is 0.701. The first kappa shape index (κ1) is 19.8. The molecule has 1 aromatic rings. The molecule has 1 aliphatic rings. The molecule has 0 radical (unpaired) electrons. The zero-order chi connectivity index (χ0) is 18.4. The van der Waals surface area contributed by atoms with E-state index in [1.807, 2.05) is 26.8 Å². The monoisotopic (exact) mass is 352 g/mol. The Morgan fingerprint density at radius 1 is 1.36 bits per heavy atom. The lowest BCUT2D eigenvalue weighted by Crippen LogP contribution is -2.58. The summed E-state index contributed by atoms with van der Waals surface area (Å²) in [6.45, 7) is 5.92. The molecule has 0 aliphatic heterocycles. The van der Waals surface area contributed by atoms with E-state index in [9.17, 15) is 15.0 Å². The molecule has 0 spiro atoms. The van der Waals surface area contributed by atoms with Crippen LogP contribution < -0.4 is 5.32 Å². The minimum Gasteiger partial charge on any atom is -0.469 e. The minimum absolute atomic E-state index is 0.351. The molecule has 1 saturated carbocycles. The normalized spacial score (nSPS) is 18.7. The van der Waals surface area contributed by atoms with Crippen molar-refractivity contribution in [1.29, 1.82) is 0 Å². The number of rotatable bonds is 7. The number of nitrogens with one attached hydrogen (secondary N) is 1. The summed E-state index contributed by atoms with van der Waals surface area (Å²) in [5.74, 6) is 0.678. The summed E-state index contributed by atoms with van der Waals surface area (Å²) in [4.78, 5) is 13.2. The van der Waals surface area contributed by atoms with Crippen LogP contribution in [-0.2, 0) is 6.42 Å². The van der Waals surface area contributed by atoms with Crippen LogP contribution in [-0.4, -0.2) is 51.5 Å². The molecule has 6 heteroatoms. The first-order valence-electron chi connectivity index (χ1n) is 9.25. The van der Waals surface area contributed by atoms with E-state index in [0.29, 0.717) is 24.8 Å². The SMILES string of the molecule is CC(C)(C)N(C(=O)O)[C@@H](Cc1ccco1)[C@H](O)CNC1CCCCC1. The lowest BCUT2D eigenvalue weighted by molar-refractivity contribution is 0.00470. The third-order valence-electron chi connectivity index (χ3n) is 4.92. The van der Waals surface area contributed by atoms with Crippen LogP contribution in [0.2, 0.25) is 0 Å². The van der Waals surface area contributed by atoms with Crippen molar-refractivity contribution in [2.24, 2.45) is 0 Å². The van der Waals surface area contributed by atoms with Crippen LogP contribution in [0.15, 0.2) is 22.8 Å². The molecular weight excluding hydrogens is 320 g/mol. The summed E-state index contributed by atoms with van der Waals surface area (Å²) in [6, 6.07) is 3.44. The van der Waals surface area contributed by atoms with Gasteiger partial charge >= 0.3 is 6.09 Å². The van der Waals surface area contributed by atoms with Gasteiger partial charge in [0.2, 0.25) is 0 Å². The average Bonchev–Trinajstić information content (AvgIpc) is 3.04. The molecule has 0 bridgehead atoms. The van der Waals surface area contributed by atoms with E-state index in [-0.39, 0.29) is 0 Å². The van der Waals surface area contributed by atoms with Crippen LogP contribution in [0.4, 0.5) is 4.79 Å². The third kappa shape index (κ3) is 5.75. The van der Waals surface area contributed by atoms with E-state index in [2.05, 4.69) is 5.32 Å². The third-order valence-corrected chi connectivity index (χ3v) is 4.92. The summed E-state index contributed by atoms with van der Waals surface area (Å²) in [5.41, 5.74) is -0.616. The number of carboxylic acid groups (broad SMARTS) is 1. The lowest BCUT2D eigenvalue weighted by Gasteiger charge is -2.41. The Hall–Kier alpha value is -1.53. The van der Waals surface area contributed by atoms with Gasteiger partial charge in [0.25, 0.3) is 0 Å². The van der Waals surface area contributed by atoms with Crippen molar-refractivity contribution in [3.63, 3.8) is 0 Å². The Morgan fingerprint density at radius 2 is 2.04 bits per heavy atom. The predicted molar refractivity (Wildman–Crippen MR) is 96.7 cm³/mol. The smallest absolute Gasteiger partial charge is 0.408 e. The summed E-state index contributed by atoms with van der Waals surface area (Å²) in [6.07, 6.45) is 6.04. The first-order chi connectivity index (χ1) is 11.8. The minimum atomic E-state index is -1.03. The molecule has 0 saturated heterocycles. The van der Waals surface area contributed by atoms with Gasteiger partial charge in [-0.1, -0.05) is 19.3 Å². The standard InChI is InChI=1S/C19H32N2O4/c1-19(2,3)21(18(23)24)16(12-15-10-7-11-25-15)17(22)13-20-14-8-5-4-6-9-14/h7,10-11,14,16-17,20,22H,4-6,8-9,12-13H2,1-3H3,(H,23,24)/t16-,17+/m0/s1. The molecule has 1 amide bonds. The number of amides is 1. The zero-order valence-corrected chi connectivity index (χ0v) is 15.6. The highest BCUT2D eigenvalue weighted by molar-refractivity contribution is 5.66. The molecule has 3 N–H and O–H groups in total. The van der Waals surface area contributed by atoms with Crippen molar-refractivity contribution < 1.29 is 19.4 Å². The van der Waals surface area contributed by atoms with Crippen molar-refractivity contribution in [3.8, 4) is 0 Å². The van der Waals surface area contributed by atoms with Crippen LogP contribution in [0.1, 0.15) is 58.6 Å². The maximum atomic E-state index is 11.9. The molecule has 6 nitrogen and oxygen atoms in total. The van der Waals surface area contributed by atoms with Gasteiger partial charge in [0.15, 0.2) is 0 Å². The second-order valence-corrected chi connectivity index (χ2v) is 7.98. The van der Waals surface area contributed by atoms with E-state index >= 15 is 0 Å². The van der Waals surface area contributed by atoms with Crippen molar-refractivity contribution in [2.45, 2.75) is 83.0 Å². The lowest BCUT2D eigenvalue weighted by atomic mass is 9.94. The molecule has 0 aromatic carbocycles.